The molecule has 0 bridgehead atoms. The SMILES string of the molecule is CCc1ccc2c(c1)OC1(C=C2)CCN(C(C)C(=O)O)C1. The van der Waals surface area contributed by atoms with Crippen molar-refractivity contribution in [1.29, 1.82) is 0 Å². The van der Waals surface area contributed by atoms with Crippen LogP contribution in [0.15, 0.2) is 24.3 Å². The largest absolute Gasteiger partial charge is 0.481 e. The number of aryl methyl sites for hydroxylation is 1. The van der Waals surface area contributed by atoms with Crippen LogP contribution in [0.25, 0.3) is 6.08 Å². The molecule has 1 spiro atoms. The smallest absolute Gasteiger partial charge is 0.320 e. The molecule has 1 fully saturated rings. The van der Waals surface area contributed by atoms with Crippen molar-refractivity contribution in [3.8, 4) is 5.75 Å². The number of likely N-dealkylation sites (tertiary alicyclic amines) is 1. The van der Waals surface area contributed by atoms with Crippen LogP contribution in [0.4, 0.5) is 0 Å². The van der Waals surface area contributed by atoms with Crippen LogP contribution in [0.2, 0.25) is 0 Å². The second-order valence-electron chi connectivity index (χ2n) is 5.96. The maximum atomic E-state index is 11.1. The fourth-order valence-corrected chi connectivity index (χ4v) is 3.06. The Balaban J connectivity index is 1.81. The lowest BCUT2D eigenvalue weighted by Crippen LogP contribution is -2.43. The Kier molecular flexibility index (Phi) is 3.49. The van der Waals surface area contributed by atoms with Crippen molar-refractivity contribution < 1.29 is 14.6 Å². The predicted molar refractivity (Wildman–Crippen MR) is 81.5 cm³/mol. The van der Waals surface area contributed by atoms with E-state index in [0.29, 0.717) is 6.54 Å². The monoisotopic (exact) mass is 287 g/mol. The molecule has 0 aromatic heterocycles. The first-order valence-corrected chi connectivity index (χ1v) is 7.51. The maximum Gasteiger partial charge on any atom is 0.320 e. The minimum Gasteiger partial charge on any atom is -0.481 e. The summed E-state index contributed by atoms with van der Waals surface area (Å²) in [5, 5.41) is 9.15. The number of carboxylic acids is 1. The summed E-state index contributed by atoms with van der Waals surface area (Å²) in [7, 11) is 0. The molecule has 21 heavy (non-hydrogen) atoms. The Morgan fingerprint density at radius 3 is 3.05 bits per heavy atom. The fraction of sp³-hybridized carbons (Fsp3) is 0.471. The summed E-state index contributed by atoms with van der Waals surface area (Å²) < 4.78 is 6.26. The number of hydrogen-bond acceptors (Lipinski definition) is 3. The third kappa shape index (κ3) is 2.56. The molecule has 0 aliphatic carbocycles. The van der Waals surface area contributed by atoms with E-state index in [0.717, 1.165) is 30.7 Å². The van der Waals surface area contributed by atoms with Crippen LogP contribution in [0.5, 0.6) is 5.75 Å². The van der Waals surface area contributed by atoms with Gasteiger partial charge in [0, 0.05) is 25.1 Å². The Morgan fingerprint density at radius 1 is 1.52 bits per heavy atom. The molecule has 4 heteroatoms. The van der Waals surface area contributed by atoms with Crippen molar-refractivity contribution >= 4 is 12.0 Å². The van der Waals surface area contributed by atoms with E-state index in [1.54, 1.807) is 6.92 Å². The summed E-state index contributed by atoms with van der Waals surface area (Å²) >= 11 is 0. The van der Waals surface area contributed by atoms with Crippen molar-refractivity contribution in [2.24, 2.45) is 0 Å². The fourth-order valence-electron chi connectivity index (χ4n) is 3.06. The van der Waals surface area contributed by atoms with Gasteiger partial charge in [0.25, 0.3) is 0 Å². The van der Waals surface area contributed by atoms with Crippen molar-refractivity contribution in [2.75, 3.05) is 13.1 Å². The van der Waals surface area contributed by atoms with E-state index in [4.69, 9.17) is 9.84 Å². The minimum absolute atomic E-state index is 0.372. The van der Waals surface area contributed by atoms with E-state index in [9.17, 15) is 4.79 Å². The zero-order valence-corrected chi connectivity index (χ0v) is 12.5. The quantitative estimate of drug-likeness (QED) is 0.928. The lowest BCUT2D eigenvalue weighted by molar-refractivity contribution is -0.142. The molecule has 2 atom stereocenters. The van der Waals surface area contributed by atoms with Gasteiger partial charge in [-0.1, -0.05) is 25.1 Å². The number of aliphatic carboxylic acids is 1. The van der Waals surface area contributed by atoms with Gasteiger partial charge >= 0.3 is 5.97 Å². The van der Waals surface area contributed by atoms with Gasteiger partial charge in [-0.2, -0.15) is 0 Å². The number of carbonyl (C=O) groups is 1. The molecule has 0 radical (unpaired) electrons. The molecule has 2 aliphatic rings. The molecule has 0 saturated carbocycles. The van der Waals surface area contributed by atoms with Crippen molar-refractivity contribution in [3.63, 3.8) is 0 Å². The molecular weight excluding hydrogens is 266 g/mol. The van der Waals surface area contributed by atoms with Gasteiger partial charge in [-0.25, -0.2) is 0 Å². The minimum atomic E-state index is -0.777. The predicted octanol–water partition coefficient (Wildman–Crippen LogP) is 2.57. The summed E-state index contributed by atoms with van der Waals surface area (Å²) in [6, 6.07) is 5.84. The summed E-state index contributed by atoms with van der Waals surface area (Å²) in [6.45, 7) is 5.24. The molecule has 2 unspecified atom stereocenters. The summed E-state index contributed by atoms with van der Waals surface area (Å²) in [5.41, 5.74) is 1.99. The molecule has 1 saturated heterocycles. The Bertz CT molecular complexity index is 596. The van der Waals surface area contributed by atoms with Crippen molar-refractivity contribution in [2.45, 2.75) is 38.3 Å². The van der Waals surface area contributed by atoms with Crippen molar-refractivity contribution in [3.05, 3.63) is 35.4 Å². The summed E-state index contributed by atoms with van der Waals surface area (Å²) in [4.78, 5) is 13.1. The highest BCUT2D eigenvalue weighted by atomic mass is 16.5. The van der Waals surface area contributed by atoms with E-state index in [1.165, 1.54) is 5.56 Å². The van der Waals surface area contributed by atoms with Gasteiger partial charge in [0.05, 0.1) is 0 Å². The molecule has 2 aliphatic heterocycles. The van der Waals surface area contributed by atoms with Crippen LogP contribution in [0.1, 0.15) is 31.4 Å². The van der Waals surface area contributed by atoms with Crippen LogP contribution >= 0.6 is 0 Å². The first-order chi connectivity index (χ1) is 10.0. The normalized spacial score (nSPS) is 25.6. The van der Waals surface area contributed by atoms with Gasteiger partial charge in [-0.05, 0) is 31.1 Å². The number of carboxylic acid groups (broad SMARTS) is 1. The molecule has 2 heterocycles. The number of nitrogens with zero attached hydrogens (tertiary/aromatic N) is 1. The zero-order valence-electron chi connectivity index (χ0n) is 12.5. The van der Waals surface area contributed by atoms with Gasteiger partial charge in [0.2, 0.25) is 0 Å². The lowest BCUT2D eigenvalue weighted by Gasteiger charge is -2.32. The first kappa shape index (κ1) is 14.1. The van der Waals surface area contributed by atoms with Crippen molar-refractivity contribution in [1.82, 2.24) is 4.90 Å². The van der Waals surface area contributed by atoms with E-state index in [-0.39, 0.29) is 5.60 Å². The van der Waals surface area contributed by atoms with E-state index in [2.05, 4.69) is 37.3 Å². The van der Waals surface area contributed by atoms with E-state index in [1.807, 2.05) is 4.90 Å². The standard InChI is InChI=1S/C17H21NO3/c1-3-13-4-5-14-6-7-17(21-15(14)10-13)8-9-18(11-17)12(2)16(19)20/h4-7,10,12H,3,8-9,11H2,1-2H3,(H,19,20). The number of benzene rings is 1. The highest BCUT2D eigenvalue weighted by molar-refractivity contribution is 5.73. The molecule has 1 aromatic carbocycles. The molecule has 4 nitrogen and oxygen atoms in total. The molecule has 3 rings (SSSR count). The third-order valence-electron chi connectivity index (χ3n) is 4.56. The Labute approximate surface area is 125 Å². The van der Waals surface area contributed by atoms with E-state index < -0.39 is 12.0 Å². The van der Waals surface area contributed by atoms with Crippen LogP contribution < -0.4 is 4.74 Å². The Morgan fingerprint density at radius 2 is 2.33 bits per heavy atom. The average Bonchev–Trinajstić information content (AvgIpc) is 2.89. The number of ether oxygens (including phenoxy) is 1. The number of rotatable bonds is 3. The average molecular weight is 287 g/mol. The molecule has 1 N–H and O–H groups in total. The van der Waals surface area contributed by atoms with Crippen LogP contribution in [0, 0.1) is 0 Å². The third-order valence-corrected chi connectivity index (χ3v) is 4.56. The molecular formula is C17H21NO3. The van der Waals surface area contributed by atoms with Gasteiger partial charge in [0.1, 0.15) is 17.4 Å². The zero-order chi connectivity index (χ0) is 15.0. The highest BCUT2D eigenvalue weighted by Crippen LogP contribution is 2.37. The van der Waals surface area contributed by atoms with Gasteiger partial charge in [-0.15, -0.1) is 0 Å². The summed E-state index contributed by atoms with van der Waals surface area (Å²) in [5.74, 6) is 0.141. The molecule has 0 amide bonds. The highest BCUT2D eigenvalue weighted by Gasteiger charge is 2.42. The second-order valence-corrected chi connectivity index (χ2v) is 5.96. The number of hydrogen-bond donors (Lipinski definition) is 1. The first-order valence-electron chi connectivity index (χ1n) is 7.51. The maximum absolute atomic E-state index is 11.1. The topological polar surface area (TPSA) is 49.8 Å². The van der Waals surface area contributed by atoms with Crippen LogP contribution in [-0.4, -0.2) is 40.7 Å². The van der Waals surface area contributed by atoms with Crippen LogP contribution in [-0.2, 0) is 11.2 Å². The van der Waals surface area contributed by atoms with Gasteiger partial charge in [0.15, 0.2) is 0 Å². The summed E-state index contributed by atoms with van der Waals surface area (Å²) in [6.07, 6.45) is 6.01. The number of fused-ring (bicyclic) bond motifs is 1. The lowest BCUT2D eigenvalue weighted by atomic mass is 9.96. The molecule has 112 valence electrons. The van der Waals surface area contributed by atoms with E-state index >= 15 is 0 Å². The van der Waals surface area contributed by atoms with Gasteiger partial charge < -0.3 is 9.84 Å². The molecule has 1 aromatic rings. The van der Waals surface area contributed by atoms with Crippen LogP contribution in [0.3, 0.4) is 0 Å². The second kappa shape index (κ2) is 5.19. The van der Waals surface area contributed by atoms with Gasteiger partial charge in [-0.3, -0.25) is 9.69 Å². The Hall–Kier alpha value is -1.81.